The van der Waals surface area contributed by atoms with Gasteiger partial charge >= 0.3 is 0 Å². The quantitative estimate of drug-likeness (QED) is 0.150. The molecule has 0 saturated heterocycles. The van der Waals surface area contributed by atoms with E-state index in [-0.39, 0.29) is 0 Å². The molecule has 12 rings (SSSR count). The predicted octanol–water partition coefficient (Wildman–Crippen LogP) is 9.05. The molecular formula is C58H39B3N6. The lowest BCUT2D eigenvalue weighted by Crippen LogP contribution is -2.39. The van der Waals surface area contributed by atoms with Gasteiger partial charge in [-0.15, -0.1) is 0 Å². The maximum atomic E-state index is 11.5. The van der Waals surface area contributed by atoms with E-state index in [1.165, 1.54) is 0 Å². The molecule has 0 aliphatic carbocycles. The average molecular weight is 852 g/mol. The van der Waals surface area contributed by atoms with Gasteiger partial charge in [0.1, 0.15) is 29.6 Å². The van der Waals surface area contributed by atoms with E-state index >= 15 is 0 Å². The number of nitrogens with zero attached hydrogens (tertiary/aromatic N) is 6. The molecule has 0 N–H and O–H groups in total. The number of para-hydroxylation sites is 3. The van der Waals surface area contributed by atoms with E-state index in [0.717, 1.165) is 110 Å². The minimum atomic E-state index is 0.524. The lowest BCUT2D eigenvalue weighted by Gasteiger charge is -2.22. The Kier molecular flexibility index (Phi) is 9.55. The Bertz CT molecular complexity index is 3830. The average Bonchev–Trinajstić information content (AvgIpc) is 3.91. The Morgan fingerprint density at radius 3 is 1.40 bits per heavy atom. The largest absolute Gasteiger partial charge is 0.309 e. The minimum Gasteiger partial charge on any atom is -0.309 e. The van der Waals surface area contributed by atoms with Gasteiger partial charge in [0, 0.05) is 43.9 Å². The molecule has 0 fully saturated rings. The molecule has 0 aliphatic rings. The van der Waals surface area contributed by atoms with E-state index < -0.39 is 0 Å². The fourth-order valence-electron chi connectivity index (χ4n) is 10.1. The number of hydrogen-bond acceptors (Lipinski definition) is 4. The predicted molar refractivity (Wildman–Crippen MR) is 285 cm³/mol. The summed E-state index contributed by atoms with van der Waals surface area (Å²) in [6.07, 6.45) is 0. The monoisotopic (exact) mass is 852 g/mol. The van der Waals surface area contributed by atoms with Crippen LogP contribution in [0.5, 0.6) is 0 Å². The molecular weight excluding hydrogens is 813 g/mol. The molecule has 0 aliphatic heterocycles. The van der Waals surface area contributed by atoms with Crippen molar-refractivity contribution in [3.05, 3.63) is 206 Å². The molecule has 9 aromatic carbocycles. The summed E-state index contributed by atoms with van der Waals surface area (Å²) in [6, 6.07) is 72.5. The first-order valence-electron chi connectivity index (χ1n) is 22.6. The van der Waals surface area contributed by atoms with Crippen molar-refractivity contribution >= 4 is 83.5 Å². The highest BCUT2D eigenvalue weighted by Gasteiger charge is 2.27. The molecule has 0 saturated carbocycles. The first-order chi connectivity index (χ1) is 33.0. The smallest absolute Gasteiger partial charge is 0.164 e. The molecule has 310 valence electrons. The number of benzene rings is 9. The van der Waals surface area contributed by atoms with Gasteiger partial charge in [0.15, 0.2) is 17.5 Å². The minimum absolute atomic E-state index is 0.524. The van der Waals surface area contributed by atoms with Crippen molar-refractivity contribution in [2.75, 3.05) is 0 Å². The van der Waals surface area contributed by atoms with Gasteiger partial charge in [0.2, 0.25) is 0 Å². The zero-order valence-electron chi connectivity index (χ0n) is 37.2. The van der Waals surface area contributed by atoms with E-state index in [1.807, 2.05) is 20.0 Å². The number of rotatable bonds is 7. The molecule has 3 aromatic heterocycles. The molecule has 0 unspecified atom stereocenters. The van der Waals surface area contributed by atoms with Crippen molar-refractivity contribution in [1.82, 2.24) is 24.1 Å². The summed E-state index contributed by atoms with van der Waals surface area (Å²) in [4.78, 5) is 15.7. The summed E-state index contributed by atoms with van der Waals surface area (Å²) >= 11 is 0. The van der Waals surface area contributed by atoms with E-state index in [9.17, 15) is 5.26 Å². The van der Waals surface area contributed by atoms with E-state index in [1.54, 1.807) is 0 Å². The van der Waals surface area contributed by atoms with Gasteiger partial charge in [0.25, 0.3) is 0 Å². The molecule has 12 aromatic rings. The summed E-state index contributed by atoms with van der Waals surface area (Å²) < 4.78 is 4.70. The number of fused-ring (bicyclic) bond motifs is 7. The van der Waals surface area contributed by atoms with Crippen LogP contribution in [0.3, 0.4) is 0 Å². The number of nitriles is 1. The van der Waals surface area contributed by atoms with Crippen LogP contribution < -0.4 is 16.4 Å². The van der Waals surface area contributed by atoms with Crippen LogP contribution in [0.4, 0.5) is 0 Å². The van der Waals surface area contributed by atoms with Crippen molar-refractivity contribution in [1.29, 1.82) is 5.26 Å². The molecule has 3 heterocycles. The fraction of sp³-hybridized carbons (Fsp3) is 0. The maximum Gasteiger partial charge on any atom is 0.164 e. The van der Waals surface area contributed by atoms with Crippen LogP contribution in [0.15, 0.2) is 200 Å². The van der Waals surface area contributed by atoms with Gasteiger partial charge < -0.3 is 9.13 Å². The second-order valence-corrected chi connectivity index (χ2v) is 17.2. The summed E-state index contributed by atoms with van der Waals surface area (Å²) in [5, 5.41) is 16.0. The Balaban J connectivity index is 1.10. The lowest BCUT2D eigenvalue weighted by atomic mass is 9.69. The van der Waals surface area contributed by atoms with Crippen LogP contribution >= 0.6 is 0 Å². The molecule has 0 radical (unpaired) electrons. The third-order valence-corrected chi connectivity index (χ3v) is 13.5. The molecule has 0 bridgehead atoms. The second-order valence-electron chi connectivity index (χ2n) is 17.2. The molecule has 9 heteroatoms. The summed E-state index contributed by atoms with van der Waals surface area (Å²) in [5.74, 6) is 1.65. The van der Waals surface area contributed by atoms with Gasteiger partial charge in [-0.3, -0.25) is 0 Å². The Morgan fingerprint density at radius 2 is 0.836 bits per heavy atom. The Hall–Kier alpha value is -8.73. The SMILES string of the molecule is Bc1c(B)c(-n2c3ccccc3c3ccc4c(c5ccccc5n4-c4ccccc4)c32)c(C#N)c(B)c1-c1nc(-c2ccc(-c3ccccc3)cc2)nc(-c2ccc(-c3ccccc3)cc2)n1. The summed E-state index contributed by atoms with van der Waals surface area (Å²) in [6.45, 7) is 0. The third kappa shape index (κ3) is 6.48. The topological polar surface area (TPSA) is 72.3 Å². The van der Waals surface area contributed by atoms with Crippen molar-refractivity contribution < 1.29 is 0 Å². The maximum absolute atomic E-state index is 11.5. The molecule has 67 heavy (non-hydrogen) atoms. The van der Waals surface area contributed by atoms with E-state index in [0.29, 0.717) is 23.0 Å². The zero-order chi connectivity index (χ0) is 45.2. The van der Waals surface area contributed by atoms with Gasteiger partial charge in [-0.1, -0.05) is 186 Å². The molecule has 0 amide bonds. The van der Waals surface area contributed by atoms with Gasteiger partial charge in [-0.05, 0) is 52.6 Å². The first kappa shape index (κ1) is 39.8. The zero-order valence-corrected chi connectivity index (χ0v) is 37.2. The van der Waals surface area contributed by atoms with Crippen LogP contribution in [0.2, 0.25) is 0 Å². The summed E-state index contributed by atoms with van der Waals surface area (Å²) in [5.41, 5.74) is 16.7. The van der Waals surface area contributed by atoms with Gasteiger partial charge in [0.05, 0.1) is 33.3 Å². The normalized spacial score (nSPS) is 11.4. The van der Waals surface area contributed by atoms with Crippen molar-refractivity contribution in [2.45, 2.75) is 0 Å². The highest BCUT2D eigenvalue weighted by molar-refractivity contribution is 6.56. The highest BCUT2D eigenvalue weighted by atomic mass is 15.0. The van der Waals surface area contributed by atoms with E-state index in [4.69, 9.17) is 15.0 Å². The van der Waals surface area contributed by atoms with Crippen molar-refractivity contribution in [3.8, 4) is 73.9 Å². The number of aromatic nitrogens is 5. The first-order valence-corrected chi connectivity index (χ1v) is 22.6. The Morgan fingerprint density at radius 1 is 0.373 bits per heavy atom. The summed E-state index contributed by atoms with van der Waals surface area (Å²) in [7, 11) is 6.32. The van der Waals surface area contributed by atoms with Gasteiger partial charge in [-0.2, -0.15) is 5.26 Å². The van der Waals surface area contributed by atoms with Crippen LogP contribution in [0.1, 0.15) is 5.56 Å². The number of hydrogen-bond donors (Lipinski definition) is 0. The lowest BCUT2D eigenvalue weighted by molar-refractivity contribution is 1.08. The third-order valence-electron chi connectivity index (χ3n) is 13.5. The fourth-order valence-corrected chi connectivity index (χ4v) is 10.1. The van der Waals surface area contributed by atoms with Crippen molar-refractivity contribution in [3.63, 3.8) is 0 Å². The molecule has 0 spiro atoms. The highest BCUT2D eigenvalue weighted by Crippen LogP contribution is 2.42. The van der Waals surface area contributed by atoms with Crippen LogP contribution in [-0.2, 0) is 0 Å². The van der Waals surface area contributed by atoms with Crippen LogP contribution in [0, 0.1) is 11.3 Å². The van der Waals surface area contributed by atoms with Crippen LogP contribution in [0.25, 0.3) is 111 Å². The Labute approximate surface area is 390 Å². The van der Waals surface area contributed by atoms with Gasteiger partial charge in [-0.25, -0.2) is 15.0 Å². The standard InChI is InChI=1S/C58H39B3N6/c59-51-45(34-62)55(67-46-22-12-10-20-42(46)43-32-33-48-49(54(43)67)44-21-11-13-23-47(44)66(48)41-18-8-3-9-19-41)53(61)52(60)50(51)58-64-56(39-28-24-37(25-29-39)35-14-4-1-5-15-35)63-57(65-58)40-30-26-38(27-31-40)36-16-6-2-7-17-36/h1-33H,59-61H2. The molecule has 0 atom stereocenters. The van der Waals surface area contributed by atoms with Crippen LogP contribution in [-0.4, -0.2) is 47.6 Å². The molecule has 6 nitrogen and oxygen atoms in total. The second kappa shape index (κ2) is 16.1. The van der Waals surface area contributed by atoms with E-state index in [2.05, 4.69) is 219 Å². The van der Waals surface area contributed by atoms with Crippen molar-refractivity contribution in [2.24, 2.45) is 0 Å².